The minimum absolute atomic E-state index is 0.153. The molecule has 0 aliphatic carbocycles. The maximum atomic E-state index is 13.6. The zero-order valence-electron chi connectivity index (χ0n) is 9.19. The van der Waals surface area contributed by atoms with Gasteiger partial charge in [-0.05, 0) is 42.5 Å². The van der Waals surface area contributed by atoms with Gasteiger partial charge >= 0.3 is 0 Å². The summed E-state index contributed by atoms with van der Waals surface area (Å²) in [5.74, 6) is -0.136. The molecule has 1 rings (SSSR count). The van der Waals surface area contributed by atoms with Gasteiger partial charge in [-0.2, -0.15) is 0 Å². The van der Waals surface area contributed by atoms with Crippen molar-refractivity contribution < 1.29 is 4.39 Å². The molecule has 1 aromatic carbocycles. The Hall–Kier alpha value is -0.600. The van der Waals surface area contributed by atoms with Crippen LogP contribution in [-0.4, -0.2) is 6.54 Å². The van der Waals surface area contributed by atoms with Gasteiger partial charge in [0.1, 0.15) is 5.82 Å². The summed E-state index contributed by atoms with van der Waals surface area (Å²) in [5, 5.41) is 0.216. The van der Waals surface area contributed by atoms with E-state index in [1.807, 2.05) is 19.9 Å². The molecule has 0 spiro atoms. The minimum Gasteiger partial charge on any atom is -0.330 e. The number of hydrogen-bond donors (Lipinski definition) is 1. The fourth-order valence-electron chi connectivity index (χ4n) is 1.54. The van der Waals surface area contributed by atoms with Gasteiger partial charge in [-0.3, -0.25) is 0 Å². The first-order valence-corrected chi connectivity index (χ1v) is 5.62. The van der Waals surface area contributed by atoms with Gasteiger partial charge in [0.15, 0.2) is 0 Å². The van der Waals surface area contributed by atoms with Crippen LogP contribution in [0, 0.1) is 5.82 Å². The van der Waals surface area contributed by atoms with E-state index in [0.29, 0.717) is 12.1 Å². The van der Waals surface area contributed by atoms with E-state index in [4.69, 9.17) is 17.3 Å². The van der Waals surface area contributed by atoms with Crippen LogP contribution in [0.1, 0.15) is 37.3 Å². The highest BCUT2D eigenvalue weighted by Gasteiger charge is 2.11. The van der Waals surface area contributed by atoms with Crippen molar-refractivity contribution in [2.45, 2.75) is 32.6 Å². The maximum absolute atomic E-state index is 13.6. The highest BCUT2D eigenvalue weighted by molar-refractivity contribution is 6.30. The van der Waals surface area contributed by atoms with E-state index < -0.39 is 0 Å². The van der Waals surface area contributed by atoms with Gasteiger partial charge in [0.25, 0.3) is 0 Å². The van der Waals surface area contributed by atoms with Crippen LogP contribution in [0.5, 0.6) is 0 Å². The first kappa shape index (κ1) is 12.5. The van der Waals surface area contributed by atoms with E-state index in [1.165, 1.54) is 0 Å². The van der Waals surface area contributed by atoms with Crippen LogP contribution in [-0.2, 0) is 6.42 Å². The Kier molecular flexibility index (Phi) is 4.55. The molecule has 0 unspecified atom stereocenters. The standard InChI is InChI=1S/C12H17ClFN/c1-8(2)10-6-9(4-3-5-15)7-11(13)12(10)14/h6-8H,3-5,15H2,1-2H3. The highest BCUT2D eigenvalue weighted by atomic mass is 35.5. The van der Waals surface area contributed by atoms with E-state index >= 15 is 0 Å². The van der Waals surface area contributed by atoms with Crippen molar-refractivity contribution in [1.29, 1.82) is 0 Å². The molecule has 0 fully saturated rings. The third-order valence-electron chi connectivity index (χ3n) is 2.41. The summed E-state index contributed by atoms with van der Waals surface area (Å²) in [6, 6.07) is 3.58. The van der Waals surface area contributed by atoms with Crippen LogP contribution in [0.25, 0.3) is 0 Å². The first-order valence-electron chi connectivity index (χ1n) is 5.24. The molecule has 0 bridgehead atoms. The SMILES string of the molecule is CC(C)c1cc(CCCN)cc(Cl)c1F. The van der Waals surface area contributed by atoms with Gasteiger partial charge in [0, 0.05) is 0 Å². The lowest BCUT2D eigenvalue weighted by molar-refractivity contribution is 0.597. The average Bonchev–Trinajstić information content (AvgIpc) is 2.19. The summed E-state index contributed by atoms with van der Waals surface area (Å²) >= 11 is 5.84. The summed E-state index contributed by atoms with van der Waals surface area (Å²) in [6.45, 7) is 4.56. The van der Waals surface area contributed by atoms with Crippen LogP contribution in [0.15, 0.2) is 12.1 Å². The topological polar surface area (TPSA) is 26.0 Å². The molecule has 0 aliphatic rings. The van der Waals surface area contributed by atoms with Crippen LogP contribution >= 0.6 is 11.6 Å². The smallest absolute Gasteiger partial charge is 0.145 e. The van der Waals surface area contributed by atoms with Crippen LogP contribution in [0.4, 0.5) is 4.39 Å². The normalized spacial score (nSPS) is 11.1. The quantitative estimate of drug-likeness (QED) is 0.841. The second kappa shape index (κ2) is 5.47. The lowest BCUT2D eigenvalue weighted by Gasteiger charge is -2.11. The maximum Gasteiger partial charge on any atom is 0.145 e. The summed E-state index contributed by atoms with van der Waals surface area (Å²) < 4.78 is 13.6. The third-order valence-corrected chi connectivity index (χ3v) is 2.68. The first-order chi connectivity index (χ1) is 7.06. The summed E-state index contributed by atoms with van der Waals surface area (Å²) in [6.07, 6.45) is 1.76. The largest absolute Gasteiger partial charge is 0.330 e. The van der Waals surface area contributed by atoms with E-state index in [-0.39, 0.29) is 16.8 Å². The predicted molar refractivity (Wildman–Crippen MR) is 62.9 cm³/mol. The lowest BCUT2D eigenvalue weighted by Crippen LogP contribution is -2.02. The Morgan fingerprint density at radius 3 is 2.60 bits per heavy atom. The van der Waals surface area contributed by atoms with Crippen molar-refractivity contribution in [1.82, 2.24) is 0 Å². The van der Waals surface area contributed by atoms with Crippen molar-refractivity contribution in [3.63, 3.8) is 0 Å². The minimum atomic E-state index is -0.289. The molecule has 2 N–H and O–H groups in total. The summed E-state index contributed by atoms with van der Waals surface area (Å²) in [5.41, 5.74) is 7.19. The molecule has 0 amide bonds. The number of aryl methyl sites for hydroxylation is 1. The van der Waals surface area contributed by atoms with Gasteiger partial charge in [0.2, 0.25) is 0 Å². The second-order valence-electron chi connectivity index (χ2n) is 4.03. The number of benzene rings is 1. The molecule has 1 aromatic rings. The fraction of sp³-hybridized carbons (Fsp3) is 0.500. The average molecular weight is 230 g/mol. The lowest BCUT2D eigenvalue weighted by atomic mass is 9.98. The molecular weight excluding hydrogens is 213 g/mol. The van der Waals surface area contributed by atoms with Gasteiger partial charge in [0.05, 0.1) is 5.02 Å². The van der Waals surface area contributed by atoms with Gasteiger partial charge in [-0.15, -0.1) is 0 Å². The monoisotopic (exact) mass is 229 g/mol. The van der Waals surface area contributed by atoms with Gasteiger partial charge in [-0.1, -0.05) is 31.5 Å². The Labute approximate surface area is 95.4 Å². The molecule has 15 heavy (non-hydrogen) atoms. The zero-order chi connectivity index (χ0) is 11.4. The Morgan fingerprint density at radius 1 is 1.40 bits per heavy atom. The molecule has 0 saturated heterocycles. The van der Waals surface area contributed by atoms with Crippen molar-refractivity contribution in [3.05, 3.63) is 34.1 Å². The summed E-state index contributed by atoms with van der Waals surface area (Å²) in [4.78, 5) is 0. The molecule has 0 aliphatic heterocycles. The number of hydrogen-bond acceptors (Lipinski definition) is 1. The fourth-order valence-corrected chi connectivity index (χ4v) is 1.79. The number of nitrogens with two attached hydrogens (primary N) is 1. The molecule has 0 saturated carbocycles. The Balaban J connectivity index is 3.00. The molecule has 0 heterocycles. The van der Waals surface area contributed by atoms with E-state index in [9.17, 15) is 4.39 Å². The molecule has 1 nitrogen and oxygen atoms in total. The number of halogens is 2. The van der Waals surface area contributed by atoms with E-state index in [2.05, 4.69) is 0 Å². The Morgan fingerprint density at radius 2 is 2.07 bits per heavy atom. The molecule has 0 radical (unpaired) electrons. The third kappa shape index (κ3) is 3.18. The molecule has 0 aromatic heterocycles. The molecule has 84 valence electrons. The predicted octanol–water partition coefficient (Wildman–Crippen LogP) is 3.49. The van der Waals surface area contributed by atoms with Crippen LogP contribution in [0.3, 0.4) is 0 Å². The van der Waals surface area contributed by atoms with Gasteiger partial charge < -0.3 is 5.73 Å². The molecular formula is C12H17ClFN. The molecule has 0 atom stereocenters. The Bertz CT molecular complexity index is 337. The van der Waals surface area contributed by atoms with Crippen molar-refractivity contribution in [3.8, 4) is 0 Å². The summed E-state index contributed by atoms with van der Waals surface area (Å²) in [7, 11) is 0. The second-order valence-corrected chi connectivity index (χ2v) is 4.43. The van der Waals surface area contributed by atoms with Crippen LogP contribution in [0.2, 0.25) is 5.02 Å². The molecule has 3 heteroatoms. The van der Waals surface area contributed by atoms with E-state index in [1.54, 1.807) is 6.07 Å². The van der Waals surface area contributed by atoms with E-state index in [0.717, 1.165) is 18.4 Å². The zero-order valence-corrected chi connectivity index (χ0v) is 9.94. The van der Waals surface area contributed by atoms with Crippen LogP contribution < -0.4 is 5.73 Å². The highest BCUT2D eigenvalue weighted by Crippen LogP contribution is 2.26. The van der Waals surface area contributed by atoms with Crippen molar-refractivity contribution in [2.75, 3.05) is 6.54 Å². The van der Waals surface area contributed by atoms with Crippen molar-refractivity contribution >= 4 is 11.6 Å². The number of rotatable bonds is 4. The van der Waals surface area contributed by atoms with Gasteiger partial charge in [-0.25, -0.2) is 4.39 Å². The van der Waals surface area contributed by atoms with Crippen molar-refractivity contribution in [2.24, 2.45) is 5.73 Å².